The molecule has 0 spiro atoms. The van der Waals surface area contributed by atoms with Gasteiger partial charge in [0.1, 0.15) is 5.82 Å². The highest BCUT2D eigenvalue weighted by molar-refractivity contribution is 5.94. The molecule has 1 saturated carbocycles. The number of rotatable bonds is 5. The van der Waals surface area contributed by atoms with Crippen LogP contribution in [0.4, 0.5) is 4.39 Å². The maximum absolute atomic E-state index is 13.0. The molecule has 6 heteroatoms. The minimum absolute atomic E-state index is 0.102. The Balaban J connectivity index is 1.79. The van der Waals surface area contributed by atoms with Crippen molar-refractivity contribution in [3.63, 3.8) is 0 Å². The van der Waals surface area contributed by atoms with Crippen molar-refractivity contribution in [3.8, 4) is 0 Å². The zero-order valence-corrected chi connectivity index (χ0v) is 13.4. The van der Waals surface area contributed by atoms with Gasteiger partial charge in [-0.3, -0.25) is 9.59 Å². The first kappa shape index (κ1) is 16.4. The van der Waals surface area contributed by atoms with Crippen LogP contribution in [0.15, 0.2) is 47.4 Å². The Morgan fingerprint density at radius 1 is 1.29 bits per heavy atom. The number of halogens is 1. The largest absolute Gasteiger partial charge is 0.387 e. The molecule has 1 N–H and O–H groups in total. The van der Waals surface area contributed by atoms with Crippen LogP contribution in [0.25, 0.3) is 0 Å². The smallest absolute Gasteiger partial charge is 0.255 e. The normalized spacial score (nSPS) is 15.1. The lowest BCUT2D eigenvalue weighted by atomic mass is 10.1. The zero-order chi connectivity index (χ0) is 17.3. The van der Waals surface area contributed by atoms with Crippen LogP contribution < -0.4 is 5.56 Å². The lowest BCUT2D eigenvalue weighted by Crippen LogP contribution is -2.37. The Hall–Kier alpha value is -2.47. The molecule has 3 rings (SSSR count). The van der Waals surface area contributed by atoms with Crippen molar-refractivity contribution in [1.29, 1.82) is 0 Å². The van der Waals surface area contributed by atoms with Gasteiger partial charge in [-0.15, -0.1) is 0 Å². The van der Waals surface area contributed by atoms with Crippen LogP contribution in [0, 0.1) is 5.82 Å². The van der Waals surface area contributed by atoms with Gasteiger partial charge >= 0.3 is 0 Å². The summed E-state index contributed by atoms with van der Waals surface area (Å²) in [5.41, 5.74) is 0.793. The minimum atomic E-state index is -0.886. The van der Waals surface area contributed by atoms with Crippen LogP contribution in [-0.4, -0.2) is 33.1 Å². The van der Waals surface area contributed by atoms with E-state index in [0.717, 1.165) is 12.8 Å². The molecule has 1 aromatic carbocycles. The summed E-state index contributed by atoms with van der Waals surface area (Å²) >= 11 is 0. The number of hydrogen-bond donors (Lipinski definition) is 1. The summed E-state index contributed by atoms with van der Waals surface area (Å²) in [6.45, 7) is 0.137. The molecule has 0 radical (unpaired) electrons. The molecule has 1 amide bonds. The highest BCUT2D eigenvalue weighted by Crippen LogP contribution is 2.30. The van der Waals surface area contributed by atoms with Gasteiger partial charge < -0.3 is 14.6 Å². The highest BCUT2D eigenvalue weighted by Gasteiger charge is 2.34. The summed E-state index contributed by atoms with van der Waals surface area (Å²) in [4.78, 5) is 25.9. The second-order valence-electron chi connectivity index (χ2n) is 6.12. The molecule has 1 heterocycles. The number of aliphatic hydroxyl groups excluding tert-OH is 1. The van der Waals surface area contributed by atoms with E-state index in [2.05, 4.69) is 0 Å². The van der Waals surface area contributed by atoms with Crippen LogP contribution >= 0.6 is 0 Å². The van der Waals surface area contributed by atoms with Crippen LogP contribution in [0.1, 0.15) is 34.9 Å². The van der Waals surface area contributed by atoms with Gasteiger partial charge in [-0.1, -0.05) is 12.1 Å². The number of benzene rings is 1. The third-order valence-corrected chi connectivity index (χ3v) is 4.21. The summed E-state index contributed by atoms with van der Waals surface area (Å²) in [5.74, 6) is -0.583. The SMILES string of the molecule is Cn1cc(C(=O)N(CC(O)c2ccc(F)cc2)C2CC2)ccc1=O. The molecule has 1 atom stereocenters. The third kappa shape index (κ3) is 3.54. The Labute approximate surface area is 139 Å². The highest BCUT2D eigenvalue weighted by atomic mass is 19.1. The van der Waals surface area contributed by atoms with E-state index in [1.165, 1.54) is 47.2 Å². The van der Waals surface area contributed by atoms with Gasteiger partial charge in [0.15, 0.2) is 0 Å². The minimum Gasteiger partial charge on any atom is -0.387 e. The van der Waals surface area contributed by atoms with Crippen molar-refractivity contribution in [2.45, 2.75) is 25.0 Å². The number of aromatic nitrogens is 1. The zero-order valence-electron chi connectivity index (χ0n) is 13.4. The van der Waals surface area contributed by atoms with Crippen molar-refractivity contribution in [3.05, 3.63) is 69.9 Å². The standard InChI is InChI=1S/C18H19FN2O3/c1-20-10-13(4-9-17(20)23)18(24)21(15-7-8-15)11-16(22)12-2-5-14(19)6-3-12/h2-6,9-10,15-16,22H,7-8,11H2,1H3. The molecule has 126 valence electrons. The van der Waals surface area contributed by atoms with Gasteiger partial charge in [0.05, 0.1) is 18.2 Å². The van der Waals surface area contributed by atoms with Crippen molar-refractivity contribution in [1.82, 2.24) is 9.47 Å². The number of carbonyl (C=O) groups is 1. The number of hydrogen-bond acceptors (Lipinski definition) is 3. The van der Waals surface area contributed by atoms with E-state index in [4.69, 9.17) is 0 Å². The summed E-state index contributed by atoms with van der Waals surface area (Å²) in [5, 5.41) is 10.4. The number of aryl methyl sites for hydroxylation is 1. The fraction of sp³-hybridized carbons (Fsp3) is 0.333. The van der Waals surface area contributed by atoms with Crippen molar-refractivity contribution in [2.75, 3.05) is 6.54 Å². The fourth-order valence-electron chi connectivity index (χ4n) is 2.65. The van der Waals surface area contributed by atoms with E-state index >= 15 is 0 Å². The maximum Gasteiger partial charge on any atom is 0.255 e. The summed E-state index contributed by atoms with van der Waals surface area (Å²) < 4.78 is 14.4. The second-order valence-corrected chi connectivity index (χ2v) is 6.12. The van der Waals surface area contributed by atoms with E-state index in [1.54, 1.807) is 11.9 Å². The Morgan fingerprint density at radius 2 is 1.96 bits per heavy atom. The first-order chi connectivity index (χ1) is 11.5. The van der Waals surface area contributed by atoms with E-state index in [9.17, 15) is 19.1 Å². The molecular weight excluding hydrogens is 311 g/mol. The molecule has 1 aromatic heterocycles. The van der Waals surface area contributed by atoms with Gasteiger partial charge in [0, 0.05) is 25.4 Å². The second kappa shape index (κ2) is 6.57. The van der Waals surface area contributed by atoms with Crippen molar-refractivity contribution in [2.24, 2.45) is 7.05 Å². The van der Waals surface area contributed by atoms with Crippen LogP contribution in [0.3, 0.4) is 0 Å². The van der Waals surface area contributed by atoms with Gasteiger partial charge in [0.25, 0.3) is 5.91 Å². The molecular formula is C18H19FN2O3. The van der Waals surface area contributed by atoms with E-state index in [0.29, 0.717) is 11.1 Å². The third-order valence-electron chi connectivity index (χ3n) is 4.21. The number of pyridine rings is 1. The topological polar surface area (TPSA) is 62.5 Å². The van der Waals surface area contributed by atoms with Gasteiger partial charge in [-0.05, 0) is 36.6 Å². The number of amides is 1. The van der Waals surface area contributed by atoms with Gasteiger partial charge in [-0.2, -0.15) is 0 Å². The quantitative estimate of drug-likeness (QED) is 0.910. The Bertz CT molecular complexity index is 797. The molecule has 1 fully saturated rings. The van der Waals surface area contributed by atoms with Crippen molar-refractivity contribution >= 4 is 5.91 Å². The molecule has 2 aromatic rings. The molecule has 0 saturated heterocycles. The molecule has 24 heavy (non-hydrogen) atoms. The summed E-state index contributed by atoms with van der Waals surface area (Å²) in [7, 11) is 1.59. The predicted octanol–water partition coefficient (Wildman–Crippen LogP) is 1.86. The number of carbonyl (C=O) groups excluding carboxylic acids is 1. The van der Waals surface area contributed by atoms with Gasteiger partial charge in [-0.25, -0.2) is 4.39 Å². The molecule has 1 unspecified atom stereocenters. The molecule has 1 aliphatic carbocycles. The molecule has 5 nitrogen and oxygen atoms in total. The average molecular weight is 330 g/mol. The summed E-state index contributed by atoms with van der Waals surface area (Å²) in [6.07, 6.45) is 2.41. The molecule has 0 bridgehead atoms. The van der Waals surface area contributed by atoms with E-state index in [1.807, 2.05) is 0 Å². The number of aliphatic hydroxyl groups is 1. The predicted molar refractivity (Wildman–Crippen MR) is 87.1 cm³/mol. The monoisotopic (exact) mass is 330 g/mol. The number of nitrogens with zero attached hydrogens (tertiary/aromatic N) is 2. The molecule has 0 aliphatic heterocycles. The first-order valence-electron chi connectivity index (χ1n) is 7.87. The Kier molecular flexibility index (Phi) is 4.49. The Morgan fingerprint density at radius 3 is 2.54 bits per heavy atom. The molecule has 1 aliphatic rings. The average Bonchev–Trinajstić information content (AvgIpc) is 3.40. The van der Waals surface area contributed by atoms with Gasteiger partial charge in [0.2, 0.25) is 5.56 Å². The first-order valence-corrected chi connectivity index (χ1v) is 7.87. The fourth-order valence-corrected chi connectivity index (χ4v) is 2.65. The maximum atomic E-state index is 13.0. The van der Waals surface area contributed by atoms with E-state index in [-0.39, 0.29) is 29.9 Å². The lowest BCUT2D eigenvalue weighted by molar-refractivity contribution is 0.0602. The van der Waals surface area contributed by atoms with Crippen LogP contribution in [0.2, 0.25) is 0 Å². The van der Waals surface area contributed by atoms with Crippen LogP contribution in [0.5, 0.6) is 0 Å². The van der Waals surface area contributed by atoms with E-state index < -0.39 is 6.10 Å². The van der Waals surface area contributed by atoms with Crippen LogP contribution in [-0.2, 0) is 7.05 Å². The lowest BCUT2D eigenvalue weighted by Gasteiger charge is -2.25. The van der Waals surface area contributed by atoms with Crippen molar-refractivity contribution < 1.29 is 14.3 Å². The summed E-state index contributed by atoms with van der Waals surface area (Å²) in [6, 6.07) is 8.57.